The summed E-state index contributed by atoms with van der Waals surface area (Å²) >= 11 is 6.30. The van der Waals surface area contributed by atoms with Crippen LogP contribution in [-0.4, -0.2) is 19.5 Å². The van der Waals surface area contributed by atoms with Gasteiger partial charge in [-0.15, -0.1) is 0 Å². The van der Waals surface area contributed by atoms with E-state index in [-0.39, 0.29) is 22.9 Å². The van der Waals surface area contributed by atoms with Gasteiger partial charge in [-0.05, 0) is 31.2 Å². The molecule has 8 nitrogen and oxygen atoms in total. The molecular formula is C21H16ClN7O. The maximum Gasteiger partial charge on any atom is 0.267 e. The number of aromatic nitrogens is 4. The van der Waals surface area contributed by atoms with Gasteiger partial charge in [0.15, 0.2) is 11.5 Å². The Balaban J connectivity index is 1.93. The summed E-state index contributed by atoms with van der Waals surface area (Å²) in [5.41, 5.74) is 6.64. The van der Waals surface area contributed by atoms with Crippen molar-refractivity contribution in [2.45, 2.75) is 13.0 Å². The Kier molecular flexibility index (Phi) is 5.04. The van der Waals surface area contributed by atoms with Crippen molar-refractivity contribution in [1.29, 1.82) is 5.26 Å². The summed E-state index contributed by atoms with van der Waals surface area (Å²) in [5.74, 6) is 0.807. The molecule has 4 aromatic rings. The summed E-state index contributed by atoms with van der Waals surface area (Å²) in [4.78, 5) is 26.3. The van der Waals surface area contributed by atoms with Crippen LogP contribution in [0.2, 0.25) is 5.02 Å². The van der Waals surface area contributed by atoms with Gasteiger partial charge in [0.2, 0.25) is 0 Å². The van der Waals surface area contributed by atoms with E-state index in [4.69, 9.17) is 22.3 Å². The van der Waals surface area contributed by atoms with Gasteiger partial charge < -0.3 is 11.1 Å². The van der Waals surface area contributed by atoms with Crippen LogP contribution in [0.1, 0.15) is 24.5 Å². The second kappa shape index (κ2) is 7.81. The normalized spacial score (nSPS) is 11.8. The number of fused-ring (bicyclic) bond motifs is 1. The second-order valence-electron chi connectivity index (χ2n) is 6.55. The number of benzene rings is 2. The van der Waals surface area contributed by atoms with Crippen LogP contribution in [0.15, 0.2) is 59.5 Å². The number of anilines is 2. The van der Waals surface area contributed by atoms with Gasteiger partial charge in [-0.25, -0.2) is 15.0 Å². The quantitative estimate of drug-likeness (QED) is 0.521. The first-order valence-corrected chi connectivity index (χ1v) is 9.43. The van der Waals surface area contributed by atoms with Crippen LogP contribution in [0.25, 0.3) is 16.6 Å². The predicted molar refractivity (Wildman–Crippen MR) is 116 cm³/mol. The maximum atomic E-state index is 13.4. The average molecular weight is 418 g/mol. The van der Waals surface area contributed by atoms with Crippen molar-refractivity contribution in [1.82, 2.24) is 19.5 Å². The molecule has 0 bridgehead atoms. The molecule has 0 unspecified atom stereocenters. The SMILES string of the molecule is C[C@H](Nc1nc(N)cnc1C#N)c1nc2cccc(Cl)c2c(=O)n1-c1ccccc1. The number of nitrogens with zero attached hydrogens (tertiary/aromatic N) is 5. The van der Waals surface area contributed by atoms with Crippen molar-refractivity contribution >= 4 is 34.1 Å². The molecule has 9 heteroatoms. The molecule has 0 aliphatic carbocycles. The molecule has 2 aromatic heterocycles. The van der Waals surface area contributed by atoms with Crippen LogP contribution in [0.5, 0.6) is 0 Å². The van der Waals surface area contributed by atoms with E-state index in [1.807, 2.05) is 43.3 Å². The van der Waals surface area contributed by atoms with Crippen molar-refractivity contribution in [2.75, 3.05) is 11.1 Å². The third-order valence-electron chi connectivity index (χ3n) is 4.52. The Labute approximate surface area is 176 Å². The first-order chi connectivity index (χ1) is 14.5. The number of hydrogen-bond acceptors (Lipinski definition) is 7. The third kappa shape index (κ3) is 3.43. The molecule has 0 aliphatic heterocycles. The van der Waals surface area contributed by atoms with E-state index >= 15 is 0 Å². The van der Waals surface area contributed by atoms with Crippen LogP contribution < -0.4 is 16.6 Å². The van der Waals surface area contributed by atoms with E-state index in [0.29, 0.717) is 27.4 Å². The maximum absolute atomic E-state index is 13.4. The zero-order valence-corrected chi connectivity index (χ0v) is 16.6. The largest absolute Gasteiger partial charge is 0.382 e. The Morgan fingerprint density at radius 2 is 1.93 bits per heavy atom. The van der Waals surface area contributed by atoms with E-state index in [0.717, 1.165) is 0 Å². The number of nitriles is 1. The number of hydrogen-bond donors (Lipinski definition) is 2. The first-order valence-electron chi connectivity index (χ1n) is 9.05. The number of halogens is 1. The Hall–Kier alpha value is -3.96. The van der Waals surface area contributed by atoms with Gasteiger partial charge in [0, 0.05) is 0 Å². The fraction of sp³-hybridized carbons (Fsp3) is 0.0952. The first kappa shape index (κ1) is 19.4. The molecule has 3 N–H and O–H groups in total. The molecule has 4 rings (SSSR count). The van der Waals surface area contributed by atoms with E-state index in [2.05, 4.69) is 15.3 Å². The lowest BCUT2D eigenvalue weighted by molar-refractivity contribution is 0.730. The Morgan fingerprint density at radius 3 is 2.67 bits per heavy atom. The highest BCUT2D eigenvalue weighted by atomic mass is 35.5. The molecular weight excluding hydrogens is 402 g/mol. The van der Waals surface area contributed by atoms with Gasteiger partial charge in [0.25, 0.3) is 5.56 Å². The lowest BCUT2D eigenvalue weighted by Gasteiger charge is -2.20. The highest BCUT2D eigenvalue weighted by Gasteiger charge is 2.20. The minimum Gasteiger partial charge on any atom is -0.382 e. The highest BCUT2D eigenvalue weighted by Crippen LogP contribution is 2.25. The number of rotatable bonds is 4. The van der Waals surface area contributed by atoms with Crippen LogP contribution in [0.3, 0.4) is 0 Å². The summed E-state index contributed by atoms with van der Waals surface area (Å²) in [6.07, 6.45) is 1.31. The van der Waals surface area contributed by atoms with Crippen LogP contribution in [-0.2, 0) is 0 Å². The van der Waals surface area contributed by atoms with E-state index in [1.165, 1.54) is 10.8 Å². The molecule has 0 saturated heterocycles. The van der Waals surface area contributed by atoms with Gasteiger partial charge in [0.1, 0.15) is 17.7 Å². The standard InChI is InChI=1S/C21H16ClN7O/c1-12(26-19-16(10-23)25-11-17(24)28-19)20-27-15-9-5-8-14(22)18(15)21(30)29(20)13-6-3-2-4-7-13/h2-9,11-12H,1H3,(H3,24,26,28)/t12-/m0/s1. The van der Waals surface area contributed by atoms with Crippen LogP contribution in [0.4, 0.5) is 11.6 Å². The molecule has 148 valence electrons. The molecule has 30 heavy (non-hydrogen) atoms. The van der Waals surface area contributed by atoms with Crippen molar-refractivity contribution in [3.05, 3.63) is 81.6 Å². The van der Waals surface area contributed by atoms with Crippen molar-refractivity contribution < 1.29 is 0 Å². The van der Waals surface area contributed by atoms with E-state index < -0.39 is 6.04 Å². The minimum absolute atomic E-state index is 0.0912. The van der Waals surface area contributed by atoms with Crippen LogP contribution >= 0.6 is 11.6 Å². The lowest BCUT2D eigenvalue weighted by atomic mass is 10.2. The third-order valence-corrected chi connectivity index (χ3v) is 4.84. The molecule has 0 amide bonds. The fourth-order valence-electron chi connectivity index (χ4n) is 3.18. The monoisotopic (exact) mass is 417 g/mol. The number of para-hydroxylation sites is 1. The minimum atomic E-state index is -0.510. The van der Waals surface area contributed by atoms with E-state index in [9.17, 15) is 10.1 Å². The number of nitrogens with two attached hydrogens (primary N) is 1. The average Bonchev–Trinajstić information content (AvgIpc) is 2.74. The lowest BCUT2D eigenvalue weighted by Crippen LogP contribution is -2.27. The van der Waals surface area contributed by atoms with Crippen LogP contribution in [0, 0.1) is 11.3 Å². The summed E-state index contributed by atoms with van der Waals surface area (Å²) in [7, 11) is 0. The highest BCUT2D eigenvalue weighted by molar-refractivity contribution is 6.35. The molecule has 0 spiro atoms. The topological polar surface area (TPSA) is 123 Å². The van der Waals surface area contributed by atoms with Crippen molar-refractivity contribution in [2.24, 2.45) is 0 Å². The van der Waals surface area contributed by atoms with Crippen molar-refractivity contribution in [3.8, 4) is 11.8 Å². The van der Waals surface area contributed by atoms with Crippen molar-refractivity contribution in [3.63, 3.8) is 0 Å². The Morgan fingerprint density at radius 1 is 1.17 bits per heavy atom. The predicted octanol–water partition coefficient (Wildman–Crippen LogP) is 3.46. The van der Waals surface area contributed by atoms with Gasteiger partial charge in [-0.3, -0.25) is 9.36 Å². The smallest absolute Gasteiger partial charge is 0.267 e. The summed E-state index contributed by atoms with van der Waals surface area (Å²) < 4.78 is 1.50. The van der Waals surface area contributed by atoms with Gasteiger partial charge in [0.05, 0.1) is 33.9 Å². The molecule has 0 saturated carbocycles. The van der Waals surface area contributed by atoms with Gasteiger partial charge in [-0.2, -0.15) is 5.26 Å². The molecule has 1 atom stereocenters. The molecule has 2 aromatic carbocycles. The summed E-state index contributed by atoms with van der Waals surface area (Å²) in [5, 5.41) is 13.1. The van der Waals surface area contributed by atoms with Gasteiger partial charge >= 0.3 is 0 Å². The van der Waals surface area contributed by atoms with E-state index in [1.54, 1.807) is 18.2 Å². The summed E-state index contributed by atoms with van der Waals surface area (Å²) in [6, 6.07) is 15.7. The molecule has 0 aliphatic rings. The molecule has 0 radical (unpaired) electrons. The number of nitrogen functional groups attached to an aromatic ring is 1. The number of nitrogens with one attached hydrogen (secondary N) is 1. The fourth-order valence-corrected chi connectivity index (χ4v) is 3.43. The zero-order chi connectivity index (χ0) is 21.3. The Bertz CT molecular complexity index is 1350. The zero-order valence-electron chi connectivity index (χ0n) is 15.9. The molecule has 2 heterocycles. The second-order valence-corrected chi connectivity index (χ2v) is 6.96. The van der Waals surface area contributed by atoms with Gasteiger partial charge in [-0.1, -0.05) is 35.9 Å². The molecule has 0 fully saturated rings. The summed E-state index contributed by atoms with van der Waals surface area (Å²) in [6.45, 7) is 1.81.